The van der Waals surface area contributed by atoms with Gasteiger partial charge in [0.05, 0.1) is 6.10 Å². The summed E-state index contributed by atoms with van der Waals surface area (Å²) in [5.74, 6) is 3.46. The molecule has 3 rings (SSSR count). The fraction of sp³-hybridized carbons (Fsp3) is 0.875. The number of ketones is 1. The predicted octanol–water partition coefficient (Wildman–Crippen LogP) is 7.08. The van der Waals surface area contributed by atoms with E-state index in [4.69, 9.17) is 4.74 Å². The number of Topliss-reactive ketones (excluding diaryl/α,β-unsaturated/α-hetero) is 1. The van der Waals surface area contributed by atoms with Crippen molar-refractivity contribution in [3.63, 3.8) is 0 Å². The fourth-order valence-corrected chi connectivity index (χ4v) is 5.80. The molecule has 0 radical (unpaired) electrons. The van der Waals surface area contributed by atoms with Crippen molar-refractivity contribution in [2.75, 3.05) is 6.61 Å². The molecule has 3 aliphatic carbocycles. The first-order chi connectivity index (χ1) is 13.6. The summed E-state index contributed by atoms with van der Waals surface area (Å²) in [5.41, 5.74) is 0. The van der Waals surface area contributed by atoms with E-state index in [2.05, 4.69) is 0 Å². The molecule has 2 nitrogen and oxygen atoms in total. The van der Waals surface area contributed by atoms with Gasteiger partial charge in [-0.25, -0.2) is 0 Å². The largest absolute Gasteiger partial charge is 0.378 e. The molecule has 160 valence electrons. The lowest BCUT2D eigenvalue weighted by Crippen LogP contribution is -2.26. The number of carbonyl (C=O) groups is 1. The molecule has 0 aliphatic heterocycles. The zero-order chi connectivity index (χ0) is 19.8. The van der Waals surface area contributed by atoms with Crippen LogP contribution in [0.1, 0.15) is 96.3 Å². The number of ether oxygens (including phenoxy) is 1. The normalized spacial score (nSPS) is 32.3. The van der Waals surface area contributed by atoms with E-state index in [9.17, 15) is 13.6 Å². The molecule has 0 atom stereocenters. The first-order valence-electron chi connectivity index (χ1n) is 11.7. The van der Waals surface area contributed by atoms with Crippen molar-refractivity contribution >= 4 is 5.78 Å². The highest BCUT2D eigenvalue weighted by Crippen LogP contribution is 2.42. The molecular weight excluding hydrogens is 358 g/mol. The van der Waals surface area contributed by atoms with E-state index in [0.717, 1.165) is 62.5 Å². The third kappa shape index (κ3) is 7.24. The first kappa shape index (κ1) is 21.9. The average Bonchev–Trinajstić information content (AvgIpc) is 2.72. The van der Waals surface area contributed by atoms with Crippen LogP contribution in [0, 0.1) is 23.7 Å². The second-order valence-corrected chi connectivity index (χ2v) is 9.54. The van der Waals surface area contributed by atoms with E-state index in [-0.39, 0.29) is 0 Å². The zero-order valence-electron chi connectivity index (χ0n) is 17.4. The van der Waals surface area contributed by atoms with Gasteiger partial charge >= 0.3 is 0 Å². The van der Waals surface area contributed by atoms with Crippen LogP contribution in [0.25, 0.3) is 0 Å². The monoisotopic (exact) mass is 396 g/mol. The van der Waals surface area contributed by atoms with Crippen LogP contribution < -0.4 is 0 Å². The summed E-state index contributed by atoms with van der Waals surface area (Å²) in [6.07, 6.45) is 16.4. The molecule has 0 amide bonds. The van der Waals surface area contributed by atoms with E-state index in [1.54, 1.807) is 0 Å². The third-order valence-corrected chi connectivity index (χ3v) is 7.66. The van der Waals surface area contributed by atoms with E-state index in [0.29, 0.717) is 37.1 Å². The molecule has 4 heteroatoms. The van der Waals surface area contributed by atoms with Gasteiger partial charge in [-0.1, -0.05) is 12.8 Å². The molecule has 0 saturated heterocycles. The lowest BCUT2D eigenvalue weighted by molar-refractivity contribution is -0.123. The summed E-state index contributed by atoms with van der Waals surface area (Å²) in [6.45, 7) is 0.858. The molecule has 28 heavy (non-hydrogen) atoms. The number of carbonyl (C=O) groups excluding carboxylic acids is 1. The van der Waals surface area contributed by atoms with Crippen molar-refractivity contribution in [3.8, 4) is 0 Å². The van der Waals surface area contributed by atoms with Crippen LogP contribution in [0.5, 0.6) is 0 Å². The van der Waals surface area contributed by atoms with Crippen molar-refractivity contribution in [1.82, 2.24) is 0 Å². The third-order valence-electron chi connectivity index (χ3n) is 7.66. The highest BCUT2D eigenvalue weighted by molar-refractivity contribution is 5.79. The predicted molar refractivity (Wildman–Crippen MR) is 108 cm³/mol. The van der Waals surface area contributed by atoms with Crippen LogP contribution in [0.2, 0.25) is 0 Å². The quantitative estimate of drug-likeness (QED) is 0.410. The summed E-state index contributed by atoms with van der Waals surface area (Å²) in [4.78, 5) is 11.3. The zero-order valence-corrected chi connectivity index (χ0v) is 17.4. The highest BCUT2D eigenvalue weighted by Gasteiger charge is 2.30. The van der Waals surface area contributed by atoms with Gasteiger partial charge in [-0.05, 0) is 100 Å². The van der Waals surface area contributed by atoms with Gasteiger partial charge in [-0.2, -0.15) is 8.78 Å². The number of hydrogen-bond acceptors (Lipinski definition) is 2. The molecule has 0 aromatic rings. The van der Waals surface area contributed by atoms with E-state index >= 15 is 0 Å². The van der Waals surface area contributed by atoms with Gasteiger partial charge in [-0.15, -0.1) is 0 Å². The topological polar surface area (TPSA) is 26.3 Å². The maximum absolute atomic E-state index is 12.3. The van der Waals surface area contributed by atoms with Crippen LogP contribution in [0.3, 0.4) is 0 Å². The SMILES string of the molecule is O=C1CCC(OCCCC2CCC(C3CCC(CC=C(F)F)CC3)CC2)CC1. The van der Waals surface area contributed by atoms with Gasteiger partial charge < -0.3 is 4.74 Å². The fourth-order valence-electron chi connectivity index (χ4n) is 5.80. The number of rotatable bonds is 8. The molecular formula is C24H38F2O2. The van der Waals surface area contributed by atoms with E-state index in [1.807, 2.05) is 0 Å². The highest BCUT2D eigenvalue weighted by atomic mass is 19.3. The first-order valence-corrected chi connectivity index (χ1v) is 11.7. The van der Waals surface area contributed by atoms with Crippen molar-refractivity contribution in [1.29, 1.82) is 0 Å². The number of hydrogen-bond donors (Lipinski definition) is 0. The standard InChI is InChI=1S/C24H38F2O2/c25-24(26)16-7-19-5-10-21(11-6-19)20-8-3-18(4-9-20)2-1-17-28-23-14-12-22(27)13-15-23/h16,18-21,23H,1-15,17H2. The lowest BCUT2D eigenvalue weighted by atomic mass is 9.68. The summed E-state index contributed by atoms with van der Waals surface area (Å²) >= 11 is 0. The summed E-state index contributed by atoms with van der Waals surface area (Å²) in [7, 11) is 0. The van der Waals surface area contributed by atoms with Gasteiger partial charge in [0, 0.05) is 19.4 Å². The van der Waals surface area contributed by atoms with Gasteiger partial charge in [0.15, 0.2) is 0 Å². The molecule has 3 fully saturated rings. The maximum atomic E-state index is 12.3. The maximum Gasteiger partial charge on any atom is 0.266 e. The molecule has 0 aromatic heterocycles. The van der Waals surface area contributed by atoms with E-state index < -0.39 is 6.08 Å². The molecule has 0 spiro atoms. The van der Waals surface area contributed by atoms with Gasteiger partial charge in [0.1, 0.15) is 5.78 Å². The van der Waals surface area contributed by atoms with E-state index in [1.165, 1.54) is 44.9 Å². The minimum Gasteiger partial charge on any atom is -0.378 e. The van der Waals surface area contributed by atoms with Gasteiger partial charge in [0.2, 0.25) is 0 Å². The van der Waals surface area contributed by atoms with Crippen molar-refractivity contribution in [2.45, 2.75) is 102 Å². The smallest absolute Gasteiger partial charge is 0.266 e. The second-order valence-electron chi connectivity index (χ2n) is 9.54. The molecule has 3 aliphatic rings. The molecule has 0 aromatic carbocycles. The van der Waals surface area contributed by atoms with Crippen molar-refractivity contribution in [2.24, 2.45) is 23.7 Å². The average molecular weight is 397 g/mol. The van der Waals surface area contributed by atoms with Crippen molar-refractivity contribution < 1.29 is 18.3 Å². The van der Waals surface area contributed by atoms with Gasteiger partial charge in [0.25, 0.3) is 6.08 Å². The molecule has 0 heterocycles. The minimum absolute atomic E-state index is 0.320. The molecule has 0 bridgehead atoms. The Kier molecular flexibility index (Phi) is 8.95. The second kappa shape index (κ2) is 11.4. The van der Waals surface area contributed by atoms with Gasteiger partial charge in [-0.3, -0.25) is 4.79 Å². The van der Waals surface area contributed by atoms with Crippen LogP contribution in [0.15, 0.2) is 12.2 Å². The number of halogens is 2. The molecule has 0 unspecified atom stereocenters. The summed E-state index contributed by atoms with van der Waals surface area (Å²) in [6, 6.07) is 0. The Morgan fingerprint density at radius 2 is 1.43 bits per heavy atom. The lowest BCUT2D eigenvalue weighted by Gasteiger charge is -2.37. The van der Waals surface area contributed by atoms with Crippen LogP contribution in [-0.4, -0.2) is 18.5 Å². The van der Waals surface area contributed by atoms with Crippen LogP contribution in [-0.2, 0) is 9.53 Å². The molecule has 3 saturated carbocycles. The van der Waals surface area contributed by atoms with Crippen molar-refractivity contribution in [3.05, 3.63) is 12.2 Å². The minimum atomic E-state index is -1.51. The summed E-state index contributed by atoms with van der Waals surface area (Å²) < 4.78 is 30.5. The Bertz CT molecular complexity index is 489. The Balaban J connectivity index is 1.24. The van der Waals surface area contributed by atoms with Crippen LogP contribution >= 0.6 is 0 Å². The Labute approximate surface area is 169 Å². The Morgan fingerprint density at radius 3 is 2.00 bits per heavy atom. The number of allylic oxidation sites excluding steroid dienone is 1. The Morgan fingerprint density at radius 1 is 0.857 bits per heavy atom. The summed E-state index contributed by atoms with van der Waals surface area (Å²) in [5, 5.41) is 0. The molecule has 0 N–H and O–H groups in total. The van der Waals surface area contributed by atoms with Crippen LogP contribution in [0.4, 0.5) is 8.78 Å². The Hall–Kier alpha value is -0.770.